The van der Waals surface area contributed by atoms with Crippen molar-refractivity contribution in [2.45, 2.75) is 11.1 Å². The van der Waals surface area contributed by atoms with E-state index in [1.807, 2.05) is 42.5 Å². The van der Waals surface area contributed by atoms with E-state index in [0.717, 1.165) is 5.56 Å². The van der Waals surface area contributed by atoms with E-state index < -0.39 is 11.2 Å². The summed E-state index contributed by atoms with van der Waals surface area (Å²) in [6, 6.07) is 37.5. The lowest BCUT2D eigenvalue weighted by molar-refractivity contribution is 0.00221. The van der Waals surface area contributed by atoms with Gasteiger partial charge in [-0.25, -0.2) is 4.79 Å². The summed E-state index contributed by atoms with van der Waals surface area (Å²) in [5, 5.41) is -0.884. The van der Waals surface area contributed by atoms with Crippen LogP contribution in [0.25, 0.3) is 0 Å². The van der Waals surface area contributed by atoms with Gasteiger partial charge in [0.25, 0.3) is 0 Å². The largest absolute Gasteiger partial charge is 0.445 e. The molecule has 0 aliphatic rings. The van der Waals surface area contributed by atoms with Gasteiger partial charge in [-0.2, -0.15) is 0 Å². The van der Waals surface area contributed by atoms with Crippen molar-refractivity contribution in [3.8, 4) is 5.75 Å². The Balaban J connectivity index is 1.49. The summed E-state index contributed by atoms with van der Waals surface area (Å²) >= 11 is 3.27. The molecular formula is C27H21BrO3. The van der Waals surface area contributed by atoms with Gasteiger partial charge in [0.1, 0.15) is 5.75 Å². The van der Waals surface area contributed by atoms with Gasteiger partial charge in [0, 0.05) is 21.8 Å². The van der Waals surface area contributed by atoms with Crippen molar-refractivity contribution in [3.63, 3.8) is 0 Å². The van der Waals surface area contributed by atoms with Gasteiger partial charge >= 0.3 is 11.2 Å². The van der Waals surface area contributed by atoms with E-state index in [0.29, 0.717) is 11.3 Å². The van der Waals surface area contributed by atoms with Crippen molar-refractivity contribution < 1.29 is 14.3 Å². The Morgan fingerprint density at radius 1 is 0.613 bits per heavy atom. The van der Waals surface area contributed by atoms with Crippen molar-refractivity contribution in [2.24, 2.45) is 0 Å². The van der Waals surface area contributed by atoms with E-state index in [4.69, 9.17) is 9.47 Å². The number of halogens is 1. The molecule has 0 saturated heterocycles. The second-order valence-corrected chi connectivity index (χ2v) is 7.73. The first-order chi connectivity index (χ1) is 15.2. The highest BCUT2D eigenvalue weighted by molar-refractivity contribution is 9.09. The molecule has 0 fully saturated rings. The third kappa shape index (κ3) is 5.41. The molecule has 0 N–H and O–H groups in total. The first kappa shape index (κ1) is 20.9. The minimum absolute atomic E-state index is 0.118. The molecule has 3 nitrogen and oxygen atoms in total. The number of esters is 1. The Morgan fingerprint density at radius 2 is 1.06 bits per heavy atom. The fourth-order valence-corrected chi connectivity index (χ4v) is 3.85. The summed E-state index contributed by atoms with van der Waals surface area (Å²) in [6.45, 7) is 0. The summed E-state index contributed by atoms with van der Waals surface area (Å²) in [5.41, 5.74) is 4.06. The quantitative estimate of drug-likeness (QED) is 0.128. The predicted molar refractivity (Wildman–Crippen MR) is 125 cm³/mol. The monoisotopic (exact) mass is 472 g/mol. The number of benzene rings is 4. The molecule has 4 rings (SSSR count). The SMILES string of the molecule is O=C(OC(Br)Oc1ccc(C(c2ccccc2)c2ccccc2)cc1)c1ccccc1. The van der Waals surface area contributed by atoms with E-state index in [-0.39, 0.29) is 5.92 Å². The van der Waals surface area contributed by atoms with Gasteiger partial charge in [-0.15, -0.1) is 0 Å². The van der Waals surface area contributed by atoms with Gasteiger partial charge in [0.05, 0.1) is 5.56 Å². The minimum atomic E-state index is -0.884. The minimum Gasteiger partial charge on any atom is -0.445 e. The van der Waals surface area contributed by atoms with E-state index in [1.165, 1.54) is 11.1 Å². The molecule has 1 unspecified atom stereocenters. The van der Waals surface area contributed by atoms with Crippen LogP contribution < -0.4 is 4.74 Å². The lowest BCUT2D eigenvalue weighted by atomic mass is 9.85. The first-order valence-electron chi connectivity index (χ1n) is 9.97. The second kappa shape index (κ2) is 10.1. The van der Waals surface area contributed by atoms with Gasteiger partial charge in [0.2, 0.25) is 0 Å². The Hall–Kier alpha value is -3.37. The van der Waals surface area contributed by atoms with E-state index in [2.05, 4.69) is 64.5 Å². The molecule has 0 aromatic heterocycles. The molecule has 0 aliphatic heterocycles. The van der Waals surface area contributed by atoms with Crippen LogP contribution in [0.4, 0.5) is 0 Å². The highest BCUT2D eigenvalue weighted by Gasteiger charge is 2.18. The summed E-state index contributed by atoms with van der Waals surface area (Å²) in [6.07, 6.45) is 0. The number of hydrogen-bond acceptors (Lipinski definition) is 3. The molecule has 1 atom stereocenters. The lowest BCUT2D eigenvalue weighted by Crippen LogP contribution is -2.18. The van der Waals surface area contributed by atoms with Crippen LogP contribution in [-0.4, -0.2) is 11.2 Å². The molecule has 0 bridgehead atoms. The van der Waals surface area contributed by atoms with E-state index >= 15 is 0 Å². The summed E-state index contributed by atoms with van der Waals surface area (Å²) in [4.78, 5) is 12.2. The van der Waals surface area contributed by atoms with Gasteiger partial charge in [0.15, 0.2) is 0 Å². The molecule has 4 aromatic carbocycles. The molecule has 31 heavy (non-hydrogen) atoms. The average Bonchev–Trinajstić information content (AvgIpc) is 2.82. The standard InChI is InChI=1S/C27H21BrO3/c28-27(31-26(29)23-14-8-3-9-15-23)30-24-18-16-22(17-19-24)25(20-10-4-1-5-11-20)21-12-6-2-7-13-21/h1-19,25,27H. The maximum atomic E-state index is 12.2. The summed E-state index contributed by atoms with van der Waals surface area (Å²) < 4.78 is 11.0. The number of carbonyl (C=O) groups is 1. The Labute approximate surface area is 190 Å². The first-order valence-corrected chi connectivity index (χ1v) is 10.9. The van der Waals surface area contributed by atoms with Crippen LogP contribution in [0.5, 0.6) is 5.75 Å². The maximum Gasteiger partial charge on any atom is 0.341 e. The number of ether oxygens (including phenoxy) is 2. The molecule has 0 spiro atoms. The fourth-order valence-electron chi connectivity index (χ4n) is 3.46. The average molecular weight is 473 g/mol. The van der Waals surface area contributed by atoms with Crippen LogP contribution >= 0.6 is 15.9 Å². The van der Waals surface area contributed by atoms with Gasteiger partial charge in [-0.3, -0.25) is 0 Å². The molecule has 0 radical (unpaired) electrons. The molecular weight excluding hydrogens is 452 g/mol. The Kier molecular flexibility index (Phi) is 6.80. The smallest absolute Gasteiger partial charge is 0.341 e. The van der Waals surface area contributed by atoms with E-state index in [9.17, 15) is 4.79 Å². The fraction of sp³-hybridized carbons (Fsp3) is 0.0741. The molecule has 0 saturated carbocycles. The Bertz CT molecular complexity index is 1060. The predicted octanol–water partition coefficient (Wildman–Crippen LogP) is 6.78. The van der Waals surface area contributed by atoms with Crippen LogP contribution in [0.15, 0.2) is 115 Å². The Morgan fingerprint density at radius 3 is 1.58 bits per heavy atom. The van der Waals surface area contributed by atoms with Gasteiger partial charge in [-0.05, 0) is 41.0 Å². The van der Waals surface area contributed by atoms with Crippen LogP contribution in [-0.2, 0) is 4.74 Å². The van der Waals surface area contributed by atoms with Gasteiger partial charge in [-0.1, -0.05) is 91.0 Å². The molecule has 0 amide bonds. The molecule has 154 valence electrons. The number of alkyl halides is 1. The topological polar surface area (TPSA) is 35.5 Å². The molecule has 0 aliphatic carbocycles. The van der Waals surface area contributed by atoms with Crippen LogP contribution in [0.3, 0.4) is 0 Å². The zero-order valence-corrected chi connectivity index (χ0v) is 18.3. The van der Waals surface area contributed by atoms with Gasteiger partial charge < -0.3 is 9.47 Å². The van der Waals surface area contributed by atoms with E-state index in [1.54, 1.807) is 24.3 Å². The van der Waals surface area contributed by atoms with Crippen LogP contribution in [0.1, 0.15) is 33.0 Å². The van der Waals surface area contributed by atoms with Crippen LogP contribution in [0.2, 0.25) is 0 Å². The maximum absolute atomic E-state index is 12.2. The van der Waals surface area contributed by atoms with Crippen LogP contribution in [0, 0.1) is 0 Å². The highest BCUT2D eigenvalue weighted by Crippen LogP contribution is 2.33. The number of carbonyl (C=O) groups excluding carboxylic acids is 1. The summed E-state index contributed by atoms with van der Waals surface area (Å²) in [5.74, 6) is 0.269. The number of rotatable bonds is 7. The zero-order valence-electron chi connectivity index (χ0n) is 16.7. The third-order valence-corrected chi connectivity index (χ3v) is 5.29. The zero-order chi connectivity index (χ0) is 21.5. The second-order valence-electron chi connectivity index (χ2n) is 6.99. The number of hydrogen-bond donors (Lipinski definition) is 0. The highest BCUT2D eigenvalue weighted by atomic mass is 79.9. The van der Waals surface area contributed by atoms with Crippen molar-refractivity contribution >= 4 is 21.9 Å². The molecule has 4 heteroatoms. The lowest BCUT2D eigenvalue weighted by Gasteiger charge is -2.20. The van der Waals surface area contributed by atoms with Crippen molar-refractivity contribution in [3.05, 3.63) is 138 Å². The normalized spacial score (nSPS) is 11.7. The molecule has 4 aromatic rings. The van der Waals surface area contributed by atoms with Crippen molar-refractivity contribution in [1.82, 2.24) is 0 Å². The molecule has 0 heterocycles. The van der Waals surface area contributed by atoms with Crippen molar-refractivity contribution in [1.29, 1.82) is 0 Å². The third-order valence-electron chi connectivity index (χ3n) is 4.92. The van der Waals surface area contributed by atoms with Crippen molar-refractivity contribution in [2.75, 3.05) is 0 Å². The summed E-state index contributed by atoms with van der Waals surface area (Å²) in [7, 11) is 0.